The van der Waals surface area contributed by atoms with E-state index < -0.39 is 5.60 Å². The molecule has 2 heterocycles. The van der Waals surface area contributed by atoms with Crippen LogP contribution in [0.15, 0.2) is 0 Å². The van der Waals surface area contributed by atoms with Crippen molar-refractivity contribution in [1.29, 1.82) is 0 Å². The summed E-state index contributed by atoms with van der Waals surface area (Å²) in [7, 11) is 0. The number of nitrogens with zero attached hydrogens (tertiary/aromatic N) is 2. The van der Waals surface area contributed by atoms with E-state index >= 15 is 0 Å². The van der Waals surface area contributed by atoms with E-state index in [9.17, 15) is 4.79 Å². The van der Waals surface area contributed by atoms with Gasteiger partial charge >= 0.3 is 6.09 Å². The maximum atomic E-state index is 11.9. The molecule has 1 aliphatic carbocycles. The maximum absolute atomic E-state index is 11.9. The molecule has 1 aromatic rings. The Labute approximate surface area is 119 Å². The summed E-state index contributed by atoms with van der Waals surface area (Å²) in [6, 6.07) is 0. The smallest absolute Gasteiger partial charge is 0.410 e. The van der Waals surface area contributed by atoms with Gasteiger partial charge in [-0.25, -0.2) is 9.78 Å². The minimum absolute atomic E-state index is 0.218. The first-order valence-electron chi connectivity index (χ1n) is 7.48. The monoisotopic (exact) mass is 277 g/mol. The lowest BCUT2D eigenvalue weighted by Gasteiger charge is -2.38. The largest absolute Gasteiger partial charge is 0.444 e. The molecular weight excluding hydrogens is 254 g/mol. The van der Waals surface area contributed by atoms with Crippen LogP contribution in [0.5, 0.6) is 0 Å². The standard InChI is InChI=1S/C15H23N3O2/c1-15(2,3)20-14(19)18-8-10(9-18)13-16-11-6-4-5-7-12(11)17-13/h10H,4-9H2,1-3H3,(H,16,17). The van der Waals surface area contributed by atoms with Crippen LogP contribution in [0.1, 0.15) is 56.7 Å². The van der Waals surface area contributed by atoms with Crippen LogP contribution in [0.25, 0.3) is 0 Å². The molecule has 1 aliphatic heterocycles. The SMILES string of the molecule is CC(C)(C)OC(=O)N1CC(c2nc3c([nH]2)CCCC3)C1. The van der Waals surface area contributed by atoms with Crippen molar-refractivity contribution in [3.05, 3.63) is 17.2 Å². The molecule has 0 aromatic carbocycles. The minimum atomic E-state index is -0.425. The average molecular weight is 277 g/mol. The fraction of sp³-hybridized carbons (Fsp3) is 0.733. The first-order chi connectivity index (χ1) is 9.42. The number of rotatable bonds is 1. The van der Waals surface area contributed by atoms with Crippen LogP contribution in [-0.4, -0.2) is 39.7 Å². The highest BCUT2D eigenvalue weighted by Gasteiger charge is 2.36. The Morgan fingerprint density at radius 2 is 2.00 bits per heavy atom. The van der Waals surface area contributed by atoms with Gasteiger partial charge in [0.05, 0.1) is 11.6 Å². The summed E-state index contributed by atoms with van der Waals surface area (Å²) in [5, 5.41) is 0. The van der Waals surface area contributed by atoms with Gasteiger partial charge in [0.2, 0.25) is 0 Å². The molecule has 0 radical (unpaired) electrons. The third-order valence-corrected chi connectivity index (χ3v) is 3.89. The molecule has 2 aliphatic rings. The van der Waals surface area contributed by atoms with Gasteiger partial charge in [-0.3, -0.25) is 0 Å². The third kappa shape index (κ3) is 2.67. The van der Waals surface area contributed by atoms with Crippen molar-refractivity contribution < 1.29 is 9.53 Å². The molecule has 5 heteroatoms. The Balaban J connectivity index is 1.57. The van der Waals surface area contributed by atoms with Crippen molar-refractivity contribution in [3.8, 4) is 0 Å². The van der Waals surface area contributed by atoms with Gasteiger partial charge in [-0.1, -0.05) is 0 Å². The molecule has 0 bridgehead atoms. The van der Waals surface area contributed by atoms with Crippen molar-refractivity contribution in [2.45, 2.75) is 58.0 Å². The Kier molecular flexibility index (Phi) is 3.22. The molecule has 110 valence electrons. The second-order valence-electron chi connectivity index (χ2n) is 6.84. The Morgan fingerprint density at radius 3 is 2.65 bits per heavy atom. The number of carbonyl (C=O) groups is 1. The molecule has 1 amide bonds. The summed E-state index contributed by atoms with van der Waals surface area (Å²) < 4.78 is 5.36. The number of aryl methyl sites for hydroxylation is 2. The number of amides is 1. The Morgan fingerprint density at radius 1 is 1.30 bits per heavy atom. The lowest BCUT2D eigenvalue weighted by molar-refractivity contribution is 0.00758. The lowest BCUT2D eigenvalue weighted by atomic mass is 10.0. The van der Waals surface area contributed by atoms with Gasteiger partial charge in [-0.05, 0) is 46.5 Å². The molecule has 5 nitrogen and oxygen atoms in total. The number of likely N-dealkylation sites (tertiary alicyclic amines) is 1. The van der Waals surface area contributed by atoms with Gasteiger partial charge in [0, 0.05) is 18.8 Å². The van der Waals surface area contributed by atoms with Crippen molar-refractivity contribution in [2.24, 2.45) is 0 Å². The first-order valence-corrected chi connectivity index (χ1v) is 7.48. The second-order valence-corrected chi connectivity index (χ2v) is 6.84. The molecule has 0 saturated carbocycles. The van der Waals surface area contributed by atoms with Crippen molar-refractivity contribution in [3.63, 3.8) is 0 Å². The molecule has 1 N–H and O–H groups in total. The van der Waals surface area contributed by atoms with E-state index in [4.69, 9.17) is 9.72 Å². The van der Waals surface area contributed by atoms with Crippen molar-refractivity contribution in [1.82, 2.24) is 14.9 Å². The summed E-state index contributed by atoms with van der Waals surface area (Å²) in [6.07, 6.45) is 4.49. The van der Waals surface area contributed by atoms with E-state index in [1.807, 2.05) is 20.8 Å². The van der Waals surface area contributed by atoms with E-state index in [1.54, 1.807) is 4.90 Å². The third-order valence-electron chi connectivity index (χ3n) is 3.89. The van der Waals surface area contributed by atoms with Crippen LogP contribution in [0.3, 0.4) is 0 Å². The van der Waals surface area contributed by atoms with E-state index in [0.717, 1.165) is 18.7 Å². The summed E-state index contributed by atoms with van der Waals surface area (Å²) >= 11 is 0. The predicted molar refractivity (Wildman–Crippen MR) is 75.8 cm³/mol. The molecule has 0 spiro atoms. The van der Waals surface area contributed by atoms with Gasteiger partial charge in [0.15, 0.2) is 0 Å². The van der Waals surface area contributed by atoms with E-state index in [0.29, 0.717) is 19.0 Å². The number of nitrogens with one attached hydrogen (secondary N) is 1. The average Bonchev–Trinajstić information content (AvgIpc) is 2.67. The normalized spacial score (nSPS) is 19.4. The van der Waals surface area contributed by atoms with Crippen LogP contribution in [0.4, 0.5) is 4.79 Å². The van der Waals surface area contributed by atoms with Crippen LogP contribution in [0, 0.1) is 0 Å². The van der Waals surface area contributed by atoms with Gasteiger partial charge in [0.1, 0.15) is 11.4 Å². The van der Waals surface area contributed by atoms with Gasteiger partial charge < -0.3 is 14.6 Å². The van der Waals surface area contributed by atoms with Gasteiger partial charge in [-0.15, -0.1) is 0 Å². The van der Waals surface area contributed by atoms with Crippen molar-refractivity contribution >= 4 is 6.09 Å². The predicted octanol–water partition coefficient (Wildman–Crippen LogP) is 2.62. The van der Waals surface area contributed by atoms with Gasteiger partial charge in [0.25, 0.3) is 0 Å². The summed E-state index contributed by atoms with van der Waals surface area (Å²) in [4.78, 5) is 21.8. The number of aromatic nitrogens is 2. The molecule has 1 aromatic heterocycles. The van der Waals surface area contributed by atoms with E-state index in [1.165, 1.54) is 24.2 Å². The molecule has 0 unspecified atom stereocenters. The number of fused-ring (bicyclic) bond motifs is 1. The number of imidazole rings is 1. The molecule has 20 heavy (non-hydrogen) atoms. The fourth-order valence-corrected chi connectivity index (χ4v) is 2.80. The van der Waals surface area contributed by atoms with E-state index in [2.05, 4.69) is 4.98 Å². The maximum Gasteiger partial charge on any atom is 0.410 e. The summed E-state index contributed by atoms with van der Waals surface area (Å²) in [5.41, 5.74) is 2.12. The highest BCUT2D eigenvalue weighted by molar-refractivity contribution is 5.69. The topological polar surface area (TPSA) is 58.2 Å². The quantitative estimate of drug-likeness (QED) is 0.858. The Bertz CT molecular complexity index is 486. The molecule has 1 saturated heterocycles. The number of hydrogen-bond donors (Lipinski definition) is 1. The highest BCUT2D eigenvalue weighted by atomic mass is 16.6. The molecule has 3 rings (SSSR count). The number of aromatic amines is 1. The fourth-order valence-electron chi connectivity index (χ4n) is 2.80. The van der Waals surface area contributed by atoms with E-state index in [-0.39, 0.29) is 6.09 Å². The molecule has 1 fully saturated rings. The minimum Gasteiger partial charge on any atom is -0.444 e. The van der Waals surface area contributed by atoms with Crippen LogP contribution in [-0.2, 0) is 17.6 Å². The lowest BCUT2D eigenvalue weighted by Crippen LogP contribution is -2.50. The van der Waals surface area contributed by atoms with Crippen LogP contribution in [0.2, 0.25) is 0 Å². The van der Waals surface area contributed by atoms with Crippen LogP contribution < -0.4 is 0 Å². The zero-order chi connectivity index (χ0) is 14.3. The van der Waals surface area contributed by atoms with Gasteiger partial charge in [-0.2, -0.15) is 0 Å². The summed E-state index contributed by atoms with van der Waals surface area (Å²) in [6.45, 7) is 7.09. The first kappa shape index (κ1) is 13.5. The number of ether oxygens (including phenoxy) is 1. The zero-order valence-corrected chi connectivity index (χ0v) is 12.5. The number of hydrogen-bond acceptors (Lipinski definition) is 3. The second kappa shape index (κ2) is 4.79. The number of carbonyl (C=O) groups excluding carboxylic acids is 1. The highest BCUT2D eigenvalue weighted by Crippen LogP contribution is 2.29. The zero-order valence-electron chi connectivity index (χ0n) is 12.5. The summed E-state index contributed by atoms with van der Waals surface area (Å²) in [5.74, 6) is 1.39. The van der Waals surface area contributed by atoms with Crippen LogP contribution >= 0.6 is 0 Å². The molecule has 0 atom stereocenters. The number of H-pyrrole nitrogens is 1. The molecular formula is C15H23N3O2. The Hall–Kier alpha value is -1.52. The van der Waals surface area contributed by atoms with Crippen molar-refractivity contribution in [2.75, 3.05) is 13.1 Å².